The van der Waals surface area contributed by atoms with Crippen LogP contribution in [0.5, 0.6) is 0 Å². The van der Waals surface area contributed by atoms with Crippen LogP contribution in [0.25, 0.3) is 0 Å². The Morgan fingerprint density at radius 1 is 1.65 bits per heavy atom. The molecule has 0 aliphatic carbocycles. The lowest BCUT2D eigenvalue weighted by molar-refractivity contribution is 0.157. The summed E-state index contributed by atoms with van der Waals surface area (Å²) >= 11 is 1.71. The van der Waals surface area contributed by atoms with Gasteiger partial charge in [0.1, 0.15) is 0 Å². The van der Waals surface area contributed by atoms with Gasteiger partial charge in [0, 0.05) is 51.5 Å². The highest BCUT2D eigenvalue weighted by atomic mass is 32.1. The van der Waals surface area contributed by atoms with E-state index in [9.17, 15) is 0 Å². The number of ether oxygens (including phenoxy) is 1. The Labute approximate surface area is 125 Å². The van der Waals surface area contributed by atoms with Gasteiger partial charge in [-0.3, -0.25) is 4.99 Å². The monoisotopic (exact) mass is 296 g/mol. The van der Waals surface area contributed by atoms with Crippen LogP contribution < -0.4 is 5.32 Å². The van der Waals surface area contributed by atoms with E-state index >= 15 is 0 Å². The van der Waals surface area contributed by atoms with E-state index in [1.807, 2.05) is 14.0 Å². The fraction of sp³-hybridized carbons (Fsp3) is 0.714. The van der Waals surface area contributed by atoms with Crippen molar-refractivity contribution in [2.75, 3.05) is 40.4 Å². The SMILES string of the molecule is CN=C(NCCc1csc(C)n1)N1CCC(COC)C1. The molecular weight excluding hydrogens is 272 g/mol. The van der Waals surface area contributed by atoms with E-state index in [4.69, 9.17) is 4.74 Å². The van der Waals surface area contributed by atoms with Crippen LogP contribution in [-0.4, -0.2) is 56.2 Å². The molecule has 1 unspecified atom stereocenters. The molecule has 0 radical (unpaired) electrons. The van der Waals surface area contributed by atoms with Gasteiger partial charge < -0.3 is 15.0 Å². The van der Waals surface area contributed by atoms with E-state index in [0.717, 1.165) is 49.3 Å². The maximum absolute atomic E-state index is 5.23. The highest BCUT2D eigenvalue weighted by Gasteiger charge is 2.24. The number of nitrogens with zero attached hydrogens (tertiary/aromatic N) is 3. The number of guanidine groups is 1. The molecule has 1 saturated heterocycles. The van der Waals surface area contributed by atoms with Gasteiger partial charge in [0.2, 0.25) is 0 Å². The summed E-state index contributed by atoms with van der Waals surface area (Å²) in [5, 5.41) is 6.69. The molecule has 2 heterocycles. The average Bonchev–Trinajstić information content (AvgIpc) is 3.05. The molecule has 6 heteroatoms. The van der Waals surface area contributed by atoms with Crippen molar-refractivity contribution in [1.82, 2.24) is 15.2 Å². The number of aryl methyl sites for hydroxylation is 1. The van der Waals surface area contributed by atoms with Crippen molar-refractivity contribution in [2.45, 2.75) is 19.8 Å². The van der Waals surface area contributed by atoms with Gasteiger partial charge in [-0.25, -0.2) is 4.98 Å². The van der Waals surface area contributed by atoms with Gasteiger partial charge in [-0.2, -0.15) is 0 Å². The lowest BCUT2D eigenvalue weighted by atomic mass is 10.1. The van der Waals surface area contributed by atoms with Crippen LogP contribution >= 0.6 is 11.3 Å². The minimum atomic E-state index is 0.625. The van der Waals surface area contributed by atoms with E-state index in [-0.39, 0.29) is 0 Å². The van der Waals surface area contributed by atoms with Crippen molar-refractivity contribution < 1.29 is 4.74 Å². The molecule has 5 nitrogen and oxygen atoms in total. The zero-order valence-electron chi connectivity index (χ0n) is 12.6. The molecule has 1 aromatic rings. The first kappa shape index (κ1) is 15.3. The second-order valence-electron chi connectivity index (χ2n) is 5.14. The zero-order valence-corrected chi connectivity index (χ0v) is 13.4. The number of methoxy groups -OCH3 is 1. The number of nitrogens with one attached hydrogen (secondary N) is 1. The van der Waals surface area contributed by atoms with E-state index in [0.29, 0.717) is 5.92 Å². The minimum absolute atomic E-state index is 0.625. The van der Waals surface area contributed by atoms with Crippen LogP contribution in [0.15, 0.2) is 10.4 Å². The smallest absolute Gasteiger partial charge is 0.193 e. The number of aliphatic imine (C=N–C) groups is 1. The summed E-state index contributed by atoms with van der Waals surface area (Å²) in [5.74, 6) is 1.62. The van der Waals surface area contributed by atoms with E-state index in [1.54, 1.807) is 18.4 Å². The molecule has 2 rings (SSSR count). The zero-order chi connectivity index (χ0) is 14.4. The third kappa shape index (κ3) is 4.18. The first-order valence-electron chi connectivity index (χ1n) is 7.08. The van der Waals surface area contributed by atoms with Crippen LogP contribution in [0.2, 0.25) is 0 Å². The van der Waals surface area contributed by atoms with Gasteiger partial charge in [0.05, 0.1) is 17.3 Å². The standard InChI is InChI=1S/C14H24N4OS/c1-11-17-13(10-20-11)4-6-16-14(15-2)18-7-5-12(8-18)9-19-3/h10,12H,4-9H2,1-3H3,(H,15,16). The summed E-state index contributed by atoms with van der Waals surface area (Å²) in [6.45, 7) is 5.85. The fourth-order valence-electron chi connectivity index (χ4n) is 2.55. The first-order valence-corrected chi connectivity index (χ1v) is 7.96. The molecule has 0 saturated carbocycles. The molecular formula is C14H24N4OS. The maximum Gasteiger partial charge on any atom is 0.193 e. The number of aromatic nitrogens is 1. The second kappa shape index (κ2) is 7.59. The van der Waals surface area contributed by atoms with Gasteiger partial charge in [-0.1, -0.05) is 0 Å². The molecule has 0 amide bonds. The van der Waals surface area contributed by atoms with E-state index in [1.165, 1.54) is 6.42 Å². The highest BCUT2D eigenvalue weighted by Crippen LogP contribution is 2.16. The summed E-state index contributed by atoms with van der Waals surface area (Å²) in [6, 6.07) is 0. The van der Waals surface area contributed by atoms with Crippen LogP contribution in [0.4, 0.5) is 0 Å². The lowest BCUT2D eigenvalue weighted by Gasteiger charge is -2.21. The Kier molecular flexibility index (Phi) is 5.79. The molecule has 1 aliphatic rings. The predicted molar refractivity (Wildman–Crippen MR) is 83.5 cm³/mol. The van der Waals surface area contributed by atoms with Gasteiger partial charge in [0.15, 0.2) is 5.96 Å². The van der Waals surface area contributed by atoms with Crippen molar-refractivity contribution in [3.05, 3.63) is 16.1 Å². The molecule has 1 aromatic heterocycles. The van der Waals surface area contributed by atoms with Crippen molar-refractivity contribution in [2.24, 2.45) is 10.9 Å². The van der Waals surface area contributed by atoms with E-state index < -0.39 is 0 Å². The van der Waals surface area contributed by atoms with E-state index in [2.05, 4.69) is 25.6 Å². The van der Waals surface area contributed by atoms with Crippen LogP contribution in [0.3, 0.4) is 0 Å². The largest absolute Gasteiger partial charge is 0.384 e. The van der Waals surface area contributed by atoms with Gasteiger partial charge in [-0.15, -0.1) is 11.3 Å². The minimum Gasteiger partial charge on any atom is -0.384 e. The maximum atomic E-state index is 5.23. The number of likely N-dealkylation sites (tertiary alicyclic amines) is 1. The molecule has 1 N–H and O–H groups in total. The van der Waals surface area contributed by atoms with Crippen molar-refractivity contribution in [3.63, 3.8) is 0 Å². The fourth-order valence-corrected chi connectivity index (χ4v) is 3.20. The van der Waals surface area contributed by atoms with Crippen LogP contribution in [-0.2, 0) is 11.2 Å². The molecule has 1 fully saturated rings. The first-order chi connectivity index (χ1) is 9.72. The Balaban J connectivity index is 1.76. The Morgan fingerprint density at radius 3 is 3.15 bits per heavy atom. The molecule has 1 aliphatic heterocycles. The topological polar surface area (TPSA) is 49.8 Å². The highest BCUT2D eigenvalue weighted by molar-refractivity contribution is 7.09. The van der Waals surface area contributed by atoms with Gasteiger partial charge in [0.25, 0.3) is 0 Å². The number of hydrogen-bond donors (Lipinski definition) is 1. The van der Waals surface area contributed by atoms with Gasteiger partial charge in [-0.05, 0) is 13.3 Å². The van der Waals surface area contributed by atoms with Crippen LogP contribution in [0, 0.1) is 12.8 Å². The van der Waals surface area contributed by atoms with Crippen molar-refractivity contribution >= 4 is 17.3 Å². The molecule has 0 spiro atoms. The Morgan fingerprint density at radius 2 is 2.50 bits per heavy atom. The molecule has 0 bridgehead atoms. The predicted octanol–water partition coefficient (Wildman–Crippen LogP) is 1.54. The number of rotatable bonds is 5. The van der Waals surface area contributed by atoms with Crippen molar-refractivity contribution in [1.29, 1.82) is 0 Å². The number of thiazole rings is 1. The summed E-state index contributed by atoms with van der Waals surface area (Å²) in [7, 11) is 3.62. The Hall–Kier alpha value is -1.14. The van der Waals surface area contributed by atoms with Gasteiger partial charge >= 0.3 is 0 Å². The molecule has 1 atom stereocenters. The quantitative estimate of drug-likeness (QED) is 0.661. The number of hydrogen-bond acceptors (Lipinski definition) is 4. The average molecular weight is 296 g/mol. The molecule has 112 valence electrons. The third-order valence-corrected chi connectivity index (χ3v) is 4.35. The summed E-state index contributed by atoms with van der Waals surface area (Å²) in [6.07, 6.45) is 2.12. The third-order valence-electron chi connectivity index (χ3n) is 3.53. The molecule has 0 aromatic carbocycles. The summed E-state index contributed by atoms with van der Waals surface area (Å²) in [4.78, 5) is 11.2. The Bertz CT molecular complexity index is 446. The summed E-state index contributed by atoms with van der Waals surface area (Å²) < 4.78 is 5.23. The lowest BCUT2D eigenvalue weighted by Crippen LogP contribution is -2.41. The second-order valence-corrected chi connectivity index (χ2v) is 6.20. The normalized spacial score (nSPS) is 19.6. The van der Waals surface area contributed by atoms with Crippen LogP contribution in [0.1, 0.15) is 17.1 Å². The summed E-state index contributed by atoms with van der Waals surface area (Å²) in [5.41, 5.74) is 1.16. The molecule has 20 heavy (non-hydrogen) atoms. The van der Waals surface area contributed by atoms with Crippen molar-refractivity contribution in [3.8, 4) is 0 Å².